The zero-order valence-electron chi connectivity index (χ0n) is 11.1. The molecule has 0 radical (unpaired) electrons. The minimum atomic E-state index is -0.00843. The normalized spacial score (nSPS) is 12.3. The third-order valence-electron chi connectivity index (χ3n) is 3.32. The lowest BCUT2D eigenvalue weighted by Gasteiger charge is -2.13. The molecular formula is C14H22N2O. The lowest BCUT2D eigenvalue weighted by Crippen LogP contribution is -2.31. The van der Waals surface area contributed by atoms with Gasteiger partial charge in [0.2, 0.25) is 0 Å². The molecule has 0 aliphatic rings. The SMILES string of the molecule is Cc1ccc(C(=O)NCC(C)CN)c(C)c1C. The monoisotopic (exact) mass is 234 g/mol. The molecular weight excluding hydrogens is 212 g/mol. The summed E-state index contributed by atoms with van der Waals surface area (Å²) in [6.07, 6.45) is 0. The highest BCUT2D eigenvalue weighted by Crippen LogP contribution is 2.16. The van der Waals surface area contributed by atoms with Crippen molar-refractivity contribution in [3.8, 4) is 0 Å². The predicted molar refractivity (Wildman–Crippen MR) is 71.2 cm³/mol. The summed E-state index contributed by atoms with van der Waals surface area (Å²) in [6, 6.07) is 3.88. The molecule has 3 heteroatoms. The summed E-state index contributed by atoms with van der Waals surface area (Å²) in [5.41, 5.74) is 9.74. The van der Waals surface area contributed by atoms with E-state index < -0.39 is 0 Å². The molecule has 0 aliphatic heterocycles. The minimum Gasteiger partial charge on any atom is -0.352 e. The van der Waals surface area contributed by atoms with Crippen LogP contribution in [0.15, 0.2) is 12.1 Å². The highest BCUT2D eigenvalue weighted by molar-refractivity contribution is 5.96. The van der Waals surface area contributed by atoms with Gasteiger partial charge in [0, 0.05) is 12.1 Å². The van der Waals surface area contributed by atoms with Gasteiger partial charge in [-0.3, -0.25) is 4.79 Å². The zero-order chi connectivity index (χ0) is 13.0. The summed E-state index contributed by atoms with van der Waals surface area (Å²) in [6.45, 7) is 9.33. The summed E-state index contributed by atoms with van der Waals surface area (Å²) < 4.78 is 0. The topological polar surface area (TPSA) is 55.1 Å². The Balaban J connectivity index is 2.80. The van der Waals surface area contributed by atoms with Crippen molar-refractivity contribution in [1.29, 1.82) is 0 Å². The Hall–Kier alpha value is -1.35. The first kappa shape index (κ1) is 13.7. The van der Waals surface area contributed by atoms with Gasteiger partial charge in [-0.15, -0.1) is 0 Å². The van der Waals surface area contributed by atoms with Crippen LogP contribution in [0.1, 0.15) is 34.0 Å². The van der Waals surface area contributed by atoms with Gasteiger partial charge in [0.25, 0.3) is 5.91 Å². The number of hydrogen-bond acceptors (Lipinski definition) is 2. The van der Waals surface area contributed by atoms with Gasteiger partial charge >= 0.3 is 0 Å². The van der Waals surface area contributed by atoms with Crippen LogP contribution in [-0.2, 0) is 0 Å². The average Bonchev–Trinajstić information content (AvgIpc) is 2.32. The molecule has 1 amide bonds. The van der Waals surface area contributed by atoms with Crippen molar-refractivity contribution in [3.63, 3.8) is 0 Å². The van der Waals surface area contributed by atoms with E-state index in [0.717, 1.165) is 11.1 Å². The molecule has 0 aliphatic carbocycles. The lowest BCUT2D eigenvalue weighted by molar-refractivity contribution is 0.0948. The van der Waals surface area contributed by atoms with Gasteiger partial charge in [-0.05, 0) is 56.0 Å². The molecule has 1 aromatic rings. The van der Waals surface area contributed by atoms with Crippen LogP contribution in [-0.4, -0.2) is 19.0 Å². The van der Waals surface area contributed by atoms with Crippen molar-refractivity contribution in [2.45, 2.75) is 27.7 Å². The number of carbonyl (C=O) groups is 1. The number of benzene rings is 1. The van der Waals surface area contributed by atoms with E-state index in [2.05, 4.69) is 12.2 Å². The van der Waals surface area contributed by atoms with Gasteiger partial charge in [-0.1, -0.05) is 13.0 Å². The first-order chi connectivity index (χ1) is 7.97. The number of rotatable bonds is 4. The van der Waals surface area contributed by atoms with Gasteiger partial charge in [-0.25, -0.2) is 0 Å². The Morgan fingerprint density at radius 1 is 1.29 bits per heavy atom. The van der Waals surface area contributed by atoms with Gasteiger partial charge < -0.3 is 11.1 Å². The largest absolute Gasteiger partial charge is 0.352 e. The van der Waals surface area contributed by atoms with E-state index in [4.69, 9.17) is 5.73 Å². The second-order valence-electron chi connectivity index (χ2n) is 4.73. The molecule has 0 bridgehead atoms. The standard InChI is InChI=1S/C14H22N2O/c1-9(7-15)8-16-14(17)13-6-5-10(2)11(3)12(13)4/h5-6,9H,7-8,15H2,1-4H3,(H,16,17). The van der Waals surface area contributed by atoms with Gasteiger partial charge in [0.1, 0.15) is 0 Å². The zero-order valence-corrected chi connectivity index (χ0v) is 11.1. The molecule has 0 spiro atoms. The maximum absolute atomic E-state index is 12.0. The smallest absolute Gasteiger partial charge is 0.251 e. The Morgan fingerprint density at radius 2 is 1.94 bits per heavy atom. The lowest BCUT2D eigenvalue weighted by atomic mass is 9.98. The summed E-state index contributed by atoms with van der Waals surface area (Å²) in [5.74, 6) is 0.303. The number of nitrogens with two attached hydrogens (primary N) is 1. The third-order valence-corrected chi connectivity index (χ3v) is 3.32. The van der Waals surface area contributed by atoms with E-state index in [-0.39, 0.29) is 5.91 Å². The molecule has 1 atom stereocenters. The maximum Gasteiger partial charge on any atom is 0.251 e. The Bertz CT molecular complexity index is 413. The van der Waals surface area contributed by atoms with Crippen LogP contribution in [0.2, 0.25) is 0 Å². The van der Waals surface area contributed by atoms with Crippen LogP contribution in [0.25, 0.3) is 0 Å². The highest BCUT2D eigenvalue weighted by Gasteiger charge is 2.11. The highest BCUT2D eigenvalue weighted by atomic mass is 16.1. The molecule has 17 heavy (non-hydrogen) atoms. The van der Waals surface area contributed by atoms with Crippen LogP contribution in [0.3, 0.4) is 0 Å². The van der Waals surface area contributed by atoms with E-state index in [1.54, 1.807) is 0 Å². The van der Waals surface area contributed by atoms with Gasteiger partial charge in [-0.2, -0.15) is 0 Å². The van der Waals surface area contributed by atoms with E-state index >= 15 is 0 Å². The van der Waals surface area contributed by atoms with E-state index in [1.165, 1.54) is 11.1 Å². The molecule has 1 unspecified atom stereocenters. The van der Waals surface area contributed by atoms with E-state index in [1.807, 2.05) is 32.9 Å². The van der Waals surface area contributed by atoms with Crippen molar-refractivity contribution in [2.75, 3.05) is 13.1 Å². The van der Waals surface area contributed by atoms with Crippen molar-refractivity contribution < 1.29 is 4.79 Å². The van der Waals surface area contributed by atoms with Gasteiger partial charge in [0.15, 0.2) is 0 Å². The molecule has 94 valence electrons. The third kappa shape index (κ3) is 3.30. The van der Waals surface area contributed by atoms with Crippen LogP contribution in [0.5, 0.6) is 0 Å². The predicted octanol–water partition coefficient (Wildman–Crippen LogP) is 1.94. The molecule has 3 N–H and O–H groups in total. The summed E-state index contributed by atoms with van der Waals surface area (Å²) in [5, 5.41) is 2.92. The minimum absolute atomic E-state index is 0.00843. The van der Waals surface area contributed by atoms with Crippen LogP contribution < -0.4 is 11.1 Å². The first-order valence-electron chi connectivity index (χ1n) is 6.02. The molecule has 0 fully saturated rings. The molecule has 1 rings (SSSR count). The summed E-state index contributed by atoms with van der Waals surface area (Å²) in [4.78, 5) is 12.0. The molecule has 1 aromatic carbocycles. The number of hydrogen-bond donors (Lipinski definition) is 2. The Labute approximate surface area is 103 Å². The fourth-order valence-electron chi connectivity index (χ4n) is 1.65. The fraction of sp³-hybridized carbons (Fsp3) is 0.500. The van der Waals surface area contributed by atoms with Crippen LogP contribution in [0, 0.1) is 26.7 Å². The average molecular weight is 234 g/mol. The molecule has 0 aromatic heterocycles. The van der Waals surface area contributed by atoms with Crippen molar-refractivity contribution in [3.05, 3.63) is 34.4 Å². The van der Waals surface area contributed by atoms with Crippen LogP contribution in [0.4, 0.5) is 0 Å². The molecule has 3 nitrogen and oxygen atoms in total. The second-order valence-corrected chi connectivity index (χ2v) is 4.73. The van der Waals surface area contributed by atoms with Crippen molar-refractivity contribution in [1.82, 2.24) is 5.32 Å². The number of aryl methyl sites for hydroxylation is 1. The summed E-state index contributed by atoms with van der Waals surface area (Å²) >= 11 is 0. The van der Waals surface area contributed by atoms with E-state index in [9.17, 15) is 4.79 Å². The van der Waals surface area contributed by atoms with E-state index in [0.29, 0.717) is 19.0 Å². The molecule has 0 saturated heterocycles. The van der Waals surface area contributed by atoms with Gasteiger partial charge in [0.05, 0.1) is 0 Å². The molecule has 0 saturated carbocycles. The Kier molecular flexibility index (Phi) is 4.70. The first-order valence-corrected chi connectivity index (χ1v) is 6.02. The summed E-state index contributed by atoms with van der Waals surface area (Å²) in [7, 11) is 0. The second kappa shape index (κ2) is 5.82. The van der Waals surface area contributed by atoms with Crippen molar-refractivity contribution >= 4 is 5.91 Å². The van der Waals surface area contributed by atoms with Crippen LogP contribution >= 0.6 is 0 Å². The number of nitrogens with one attached hydrogen (secondary N) is 1. The maximum atomic E-state index is 12.0. The Morgan fingerprint density at radius 3 is 2.53 bits per heavy atom. The fourth-order valence-corrected chi connectivity index (χ4v) is 1.65. The van der Waals surface area contributed by atoms with Crippen molar-refractivity contribution in [2.24, 2.45) is 11.7 Å². The quantitative estimate of drug-likeness (QED) is 0.836. The number of amides is 1. The number of carbonyl (C=O) groups excluding carboxylic acids is 1. The molecule has 0 heterocycles.